The molecule has 0 radical (unpaired) electrons. The van der Waals surface area contributed by atoms with Crippen molar-refractivity contribution in [3.05, 3.63) is 71.8 Å². The summed E-state index contributed by atoms with van der Waals surface area (Å²) in [6.07, 6.45) is 5.46. The van der Waals surface area contributed by atoms with E-state index in [0.717, 1.165) is 44.3 Å². The van der Waals surface area contributed by atoms with Crippen molar-refractivity contribution in [2.75, 3.05) is 38.7 Å². The summed E-state index contributed by atoms with van der Waals surface area (Å²) in [6, 6.07) is 17.0. The molecule has 2 aromatic rings. The van der Waals surface area contributed by atoms with Gasteiger partial charge < -0.3 is 20.3 Å². The summed E-state index contributed by atoms with van der Waals surface area (Å²) < 4.78 is 5.23. The van der Waals surface area contributed by atoms with E-state index >= 15 is 0 Å². The highest BCUT2D eigenvalue weighted by Crippen LogP contribution is 2.21. The van der Waals surface area contributed by atoms with Gasteiger partial charge in [0.25, 0.3) is 0 Å². The van der Waals surface area contributed by atoms with Crippen molar-refractivity contribution >= 4 is 35.6 Å². The van der Waals surface area contributed by atoms with Crippen LogP contribution >= 0.6 is 24.0 Å². The molecule has 2 N–H and O–H groups in total. The molecule has 1 heterocycles. The maximum absolute atomic E-state index is 5.23. The molecular formula is C24H33IN4O. The van der Waals surface area contributed by atoms with Crippen molar-refractivity contribution in [2.45, 2.75) is 25.8 Å². The van der Waals surface area contributed by atoms with Crippen molar-refractivity contribution in [3.8, 4) is 5.75 Å². The van der Waals surface area contributed by atoms with Crippen LogP contribution in [0.3, 0.4) is 0 Å². The van der Waals surface area contributed by atoms with Crippen LogP contribution in [0.4, 0.5) is 5.69 Å². The first-order valence-corrected chi connectivity index (χ1v) is 10.3. The molecular weight excluding hydrogens is 487 g/mol. The lowest BCUT2D eigenvalue weighted by molar-refractivity contribution is 0.414. The van der Waals surface area contributed by atoms with Crippen LogP contribution in [-0.4, -0.2) is 39.8 Å². The van der Waals surface area contributed by atoms with E-state index in [1.54, 1.807) is 7.11 Å². The lowest BCUT2D eigenvalue weighted by atomic mass is 9.98. The summed E-state index contributed by atoms with van der Waals surface area (Å²) in [4.78, 5) is 6.71. The molecule has 162 valence electrons. The Morgan fingerprint density at radius 3 is 2.50 bits per heavy atom. The largest absolute Gasteiger partial charge is 0.497 e. The quantitative estimate of drug-likeness (QED) is 0.232. The number of nitrogens with zero attached hydrogens (tertiary/aromatic N) is 2. The predicted molar refractivity (Wildman–Crippen MR) is 137 cm³/mol. The summed E-state index contributed by atoms with van der Waals surface area (Å²) in [5, 5.41) is 6.85. The number of hydrogen-bond donors (Lipinski definition) is 2. The third-order valence-corrected chi connectivity index (χ3v) is 5.33. The van der Waals surface area contributed by atoms with E-state index in [-0.39, 0.29) is 24.0 Å². The van der Waals surface area contributed by atoms with Gasteiger partial charge in [-0.1, -0.05) is 43.3 Å². The fourth-order valence-corrected chi connectivity index (χ4v) is 3.46. The first-order chi connectivity index (χ1) is 14.2. The highest BCUT2D eigenvalue weighted by Gasteiger charge is 2.09. The van der Waals surface area contributed by atoms with Crippen LogP contribution in [-0.2, 0) is 6.54 Å². The van der Waals surface area contributed by atoms with E-state index in [0.29, 0.717) is 5.92 Å². The highest BCUT2D eigenvalue weighted by atomic mass is 127. The van der Waals surface area contributed by atoms with E-state index in [1.807, 2.05) is 19.2 Å². The number of methoxy groups -OCH3 is 1. The Kier molecular flexibility index (Phi) is 10.00. The second-order valence-corrected chi connectivity index (χ2v) is 7.36. The maximum atomic E-state index is 5.23. The van der Waals surface area contributed by atoms with Crippen LogP contribution in [0, 0.1) is 0 Å². The number of guanidine groups is 1. The molecule has 0 aliphatic carbocycles. The Morgan fingerprint density at radius 1 is 1.10 bits per heavy atom. The minimum Gasteiger partial charge on any atom is -0.497 e. The molecule has 3 rings (SSSR count). The predicted octanol–water partition coefficient (Wildman–Crippen LogP) is 4.55. The second kappa shape index (κ2) is 12.5. The number of ether oxygens (including phenoxy) is 1. The molecule has 0 aromatic heterocycles. The van der Waals surface area contributed by atoms with Gasteiger partial charge in [0.1, 0.15) is 5.75 Å². The van der Waals surface area contributed by atoms with E-state index in [2.05, 4.69) is 76.0 Å². The molecule has 1 unspecified atom stereocenters. The fourth-order valence-electron chi connectivity index (χ4n) is 3.46. The summed E-state index contributed by atoms with van der Waals surface area (Å²) in [7, 11) is 3.51. The van der Waals surface area contributed by atoms with Gasteiger partial charge in [-0.25, -0.2) is 0 Å². The Morgan fingerprint density at radius 2 is 1.83 bits per heavy atom. The number of benzene rings is 2. The van der Waals surface area contributed by atoms with Crippen molar-refractivity contribution < 1.29 is 4.74 Å². The van der Waals surface area contributed by atoms with Gasteiger partial charge >= 0.3 is 0 Å². The maximum Gasteiger partial charge on any atom is 0.191 e. The van der Waals surface area contributed by atoms with E-state index in [9.17, 15) is 0 Å². The van der Waals surface area contributed by atoms with Crippen molar-refractivity contribution in [3.63, 3.8) is 0 Å². The Bertz CT molecular complexity index is 827. The van der Waals surface area contributed by atoms with Crippen LogP contribution in [0.25, 0.3) is 0 Å². The fraction of sp³-hybridized carbons (Fsp3) is 0.375. The molecule has 6 heteroatoms. The molecule has 0 saturated carbocycles. The van der Waals surface area contributed by atoms with Gasteiger partial charge in [0.2, 0.25) is 0 Å². The molecule has 0 fully saturated rings. The van der Waals surface area contributed by atoms with Gasteiger partial charge in [-0.05, 0) is 47.7 Å². The molecule has 0 bridgehead atoms. The van der Waals surface area contributed by atoms with Crippen LogP contribution < -0.4 is 20.3 Å². The molecule has 1 aliphatic heterocycles. The van der Waals surface area contributed by atoms with Crippen LogP contribution in [0.2, 0.25) is 0 Å². The van der Waals surface area contributed by atoms with E-state index in [1.165, 1.54) is 16.8 Å². The van der Waals surface area contributed by atoms with Gasteiger partial charge in [-0.2, -0.15) is 0 Å². The number of rotatable bonds is 8. The molecule has 0 amide bonds. The zero-order chi connectivity index (χ0) is 20.5. The summed E-state index contributed by atoms with van der Waals surface area (Å²) in [5.41, 5.74) is 3.85. The van der Waals surface area contributed by atoms with Gasteiger partial charge in [-0.15, -0.1) is 24.0 Å². The minimum absolute atomic E-state index is 0. The smallest absolute Gasteiger partial charge is 0.191 e. The van der Waals surface area contributed by atoms with Crippen LogP contribution in [0.1, 0.15) is 30.4 Å². The van der Waals surface area contributed by atoms with Gasteiger partial charge in [0.05, 0.1) is 7.11 Å². The normalized spacial score (nSPS) is 14.2. The van der Waals surface area contributed by atoms with Gasteiger partial charge in [0, 0.05) is 38.9 Å². The van der Waals surface area contributed by atoms with Crippen molar-refractivity contribution in [1.29, 1.82) is 0 Å². The van der Waals surface area contributed by atoms with Crippen molar-refractivity contribution in [1.82, 2.24) is 10.6 Å². The number of aliphatic imine (C=N–C) groups is 1. The average molecular weight is 520 g/mol. The lowest BCUT2D eigenvalue weighted by Gasteiger charge is -2.19. The van der Waals surface area contributed by atoms with Crippen LogP contribution in [0.15, 0.2) is 65.7 Å². The SMILES string of the molecule is CN=C(NCCC(C)c1ccc(OC)cc1)NCc1cccc(N2CC=CC2)c1.I. The first kappa shape index (κ1) is 24.1. The topological polar surface area (TPSA) is 48.9 Å². The molecule has 1 aliphatic rings. The number of nitrogens with one attached hydrogen (secondary N) is 2. The van der Waals surface area contributed by atoms with Crippen molar-refractivity contribution in [2.24, 2.45) is 4.99 Å². The lowest BCUT2D eigenvalue weighted by Crippen LogP contribution is -2.37. The Balaban J connectivity index is 0.00000320. The zero-order valence-corrected chi connectivity index (χ0v) is 20.4. The summed E-state index contributed by atoms with van der Waals surface area (Å²) >= 11 is 0. The second-order valence-electron chi connectivity index (χ2n) is 7.36. The monoisotopic (exact) mass is 520 g/mol. The Labute approximate surface area is 197 Å². The molecule has 0 saturated heterocycles. The molecule has 30 heavy (non-hydrogen) atoms. The highest BCUT2D eigenvalue weighted by molar-refractivity contribution is 14.0. The molecule has 0 spiro atoms. The van der Waals surface area contributed by atoms with Gasteiger partial charge in [0.15, 0.2) is 5.96 Å². The summed E-state index contributed by atoms with van der Waals surface area (Å²) in [5.74, 6) is 2.20. The minimum atomic E-state index is 0. The van der Waals surface area contributed by atoms with Crippen LogP contribution in [0.5, 0.6) is 5.75 Å². The standard InChI is InChI=1S/C24H32N4O.HI/c1-19(21-9-11-23(29-3)12-10-21)13-14-26-24(25-2)27-18-20-7-6-8-22(17-20)28-15-4-5-16-28;/h4-12,17,19H,13-16,18H2,1-3H3,(H2,25,26,27);1H. The molecule has 2 aromatic carbocycles. The molecule has 1 atom stereocenters. The molecule has 5 nitrogen and oxygen atoms in total. The van der Waals surface area contributed by atoms with E-state index < -0.39 is 0 Å². The zero-order valence-electron chi connectivity index (χ0n) is 18.1. The third-order valence-electron chi connectivity index (χ3n) is 5.33. The summed E-state index contributed by atoms with van der Waals surface area (Å²) in [6.45, 7) is 5.85. The Hall–Kier alpha value is -2.22. The third kappa shape index (κ3) is 6.93. The van der Waals surface area contributed by atoms with E-state index in [4.69, 9.17) is 4.74 Å². The first-order valence-electron chi connectivity index (χ1n) is 10.3. The number of hydrogen-bond acceptors (Lipinski definition) is 3. The number of halogens is 1. The van der Waals surface area contributed by atoms with Gasteiger partial charge in [-0.3, -0.25) is 4.99 Å². The number of anilines is 1. The average Bonchev–Trinajstić information content (AvgIpc) is 3.31.